The van der Waals surface area contributed by atoms with E-state index in [2.05, 4.69) is 10.4 Å². The molecule has 2 N–H and O–H groups in total. The summed E-state index contributed by atoms with van der Waals surface area (Å²) < 4.78 is 1.80. The van der Waals surface area contributed by atoms with Gasteiger partial charge in [0, 0.05) is 20.1 Å². The number of hydrogen-bond donors (Lipinski definition) is 2. The van der Waals surface area contributed by atoms with Gasteiger partial charge in [-0.15, -0.1) is 0 Å². The molecule has 4 nitrogen and oxygen atoms in total. The van der Waals surface area contributed by atoms with E-state index >= 15 is 0 Å². The smallest absolute Gasteiger partial charge is 0.0863 e. The lowest BCUT2D eigenvalue weighted by Crippen LogP contribution is -2.37. The van der Waals surface area contributed by atoms with Crippen molar-refractivity contribution in [1.82, 2.24) is 15.1 Å². The summed E-state index contributed by atoms with van der Waals surface area (Å²) in [4.78, 5) is 0. The highest BCUT2D eigenvalue weighted by Gasteiger charge is 2.18. The molecule has 0 radical (unpaired) electrons. The summed E-state index contributed by atoms with van der Waals surface area (Å²) in [6.45, 7) is 6.99. The number of hydrogen-bond acceptors (Lipinski definition) is 3. The zero-order chi connectivity index (χ0) is 13.1. The fourth-order valence-corrected chi connectivity index (χ4v) is 1.95. The van der Waals surface area contributed by atoms with Crippen LogP contribution in [0, 0.1) is 0 Å². The second-order valence-corrected chi connectivity index (χ2v) is 5.02. The largest absolute Gasteiger partial charge is 0.389 e. The summed E-state index contributed by atoms with van der Waals surface area (Å²) in [6.07, 6.45) is 1.55. The molecule has 98 valence electrons. The highest BCUT2D eigenvalue weighted by Crippen LogP contribution is 2.20. The molecule has 5 heteroatoms. The molecule has 1 atom stereocenters. The number of nitrogens with one attached hydrogen (secondary N) is 1. The predicted octanol–water partition coefficient (Wildman–Crippen LogP) is 1.89. The summed E-state index contributed by atoms with van der Waals surface area (Å²) in [7, 11) is 1.89. The summed E-state index contributed by atoms with van der Waals surface area (Å²) in [6, 6.07) is 0. The molecule has 0 bridgehead atoms. The minimum atomic E-state index is -0.668. The lowest BCUT2D eigenvalue weighted by atomic mass is 10.0. The maximum Gasteiger partial charge on any atom is 0.0863 e. The first-order valence-electron chi connectivity index (χ1n) is 6.04. The third-order valence-electron chi connectivity index (χ3n) is 3.06. The van der Waals surface area contributed by atoms with Crippen molar-refractivity contribution in [3.8, 4) is 0 Å². The maximum atomic E-state index is 9.87. The molecule has 0 aliphatic rings. The Balaban J connectivity index is 2.61. The van der Waals surface area contributed by atoms with E-state index in [9.17, 15) is 5.11 Å². The molecular weight excluding hydrogens is 238 g/mol. The van der Waals surface area contributed by atoms with Crippen molar-refractivity contribution in [3.63, 3.8) is 0 Å². The lowest BCUT2D eigenvalue weighted by Gasteiger charge is -2.21. The van der Waals surface area contributed by atoms with Crippen LogP contribution in [-0.2, 0) is 20.0 Å². The normalized spacial score (nSPS) is 14.9. The van der Waals surface area contributed by atoms with E-state index in [1.807, 2.05) is 27.8 Å². The molecule has 0 saturated carbocycles. The Bertz CT molecular complexity index is 374. The van der Waals surface area contributed by atoms with Crippen molar-refractivity contribution in [2.45, 2.75) is 45.8 Å². The van der Waals surface area contributed by atoms with Gasteiger partial charge in [0.05, 0.1) is 22.0 Å². The van der Waals surface area contributed by atoms with Gasteiger partial charge in [-0.25, -0.2) is 0 Å². The van der Waals surface area contributed by atoms with Gasteiger partial charge in [0.2, 0.25) is 0 Å². The molecule has 0 fully saturated rings. The van der Waals surface area contributed by atoms with Gasteiger partial charge in [0.1, 0.15) is 0 Å². The minimum absolute atomic E-state index is 0.548. The maximum absolute atomic E-state index is 9.87. The topological polar surface area (TPSA) is 50.1 Å². The Labute approximate surface area is 108 Å². The third kappa shape index (κ3) is 3.69. The van der Waals surface area contributed by atoms with Crippen LogP contribution in [0.3, 0.4) is 0 Å². The average molecular weight is 260 g/mol. The van der Waals surface area contributed by atoms with Crippen molar-refractivity contribution in [3.05, 3.63) is 16.4 Å². The fraction of sp³-hybridized carbons (Fsp3) is 0.750. The van der Waals surface area contributed by atoms with Crippen molar-refractivity contribution in [2.24, 2.45) is 7.05 Å². The molecule has 17 heavy (non-hydrogen) atoms. The van der Waals surface area contributed by atoms with Crippen LogP contribution < -0.4 is 5.32 Å². The van der Waals surface area contributed by atoms with Crippen LogP contribution in [0.25, 0.3) is 0 Å². The van der Waals surface area contributed by atoms with Crippen molar-refractivity contribution in [1.29, 1.82) is 0 Å². The zero-order valence-electron chi connectivity index (χ0n) is 11.0. The lowest BCUT2D eigenvalue weighted by molar-refractivity contribution is 0.0554. The molecule has 1 unspecified atom stereocenters. The van der Waals surface area contributed by atoms with E-state index in [4.69, 9.17) is 11.6 Å². The Morgan fingerprint density at radius 3 is 2.59 bits per heavy atom. The number of aromatic nitrogens is 2. The number of aryl methyl sites for hydroxylation is 2. The summed E-state index contributed by atoms with van der Waals surface area (Å²) in [5.41, 5.74) is 1.22. The van der Waals surface area contributed by atoms with Crippen LogP contribution in [0.4, 0.5) is 0 Å². The molecule has 0 saturated heterocycles. The number of aliphatic hydroxyl groups is 1. The van der Waals surface area contributed by atoms with E-state index in [-0.39, 0.29) is 0 Å². The first-order valence-corrected chi connectivity index (χ1v) is 6.42. The third-order valence-corrected chi connectivity index (χ3v) is 3.50. The molecule has 0 aliphatic heterocycles. The SMILES string of the molecule is CCc1nn(C)c(CNCC(C)(O)CC)c1Cl. The van der Waals surface area contributed by atoms with Gasteiger partial charge in [0.25, 0.3) is 0 Å². The van der Waals surface area contributed by atoms with Gasteiger partial charge >= 0.3 is 0 Å². The van der Waals surface area contributed by atoms with Crippen LogP contribution in [0.1, 0.15) is 38.6 Å². The van der Waals surface area contributed by atoms with Gasteiger partial charge < -0.3 is 10.4 Å². The number of rotatable bonds is 6. The van der Waals surface area contributed by atoms with Crippen LogP contribution in [0.2, 0.25) is 5.02 Å². The molecule has 1 aromatic heterocycles. The molecule has 0 aliphatic carbocycles. The van der Waals surface area contributed by atoms with Crippen LogP contribution >= 0.6 is 11.6 Å². The Morgan fingerprint density at radius 1 is 1.47 bits per heavy atom. The van der Waals surface area contributed by atoms with Crippen LogP contribution in [0.5, 0.6) is 0 Å². The van der Waals surface area contributed by atoms with E-state index < -0.39 is 5.60 Å². The summed E-state index contributed by atoms with van der Waals surface area (Å²) >= 11 is 6.23. The fourth-order valence-electron chi connectivity index (χ4n) is 1.59. The van der Waals surface area contributed by atoms with Gasteiger partial charge in [-0.1, -0.05) is 25.4 Å². The molecule has 1 heterocycles. The quantitative estimate of drug-likeness (QED) is 0.820. The molecule has 0 spiro atoms. The van der Waals surface area contributed by atoms with E-state index in [0.717, 1.165) is 29.3 Å². The van der Waals surface area contributed by atoms with Crippen LogP contribution in [-0.4, -0.2) is 27.0 Å². The molecule has 0 amide bonds. The van der Waals surface area contributed by atoms with Crippen molar-refractivity contribution < 1.29 is 5.11 Å². The first kappa shape index (κ1) is 14.5. The second-order valence-electron chi connectivity index (χ2n) is 4.64. The zero-order valence-corrected chi connectivity index (χ0v) is 11.8. The average Bonchev–Trinajstić information content (AvgIpc) is 2.56. The van der Waals surface area contributed by atoms with E-state index in [1.54, 1.807) is 4.68 Å². The van der Waals surface area contributed by atoms with Gasteiger partial charge in [-0.3, -0.25) is 4.68 Å². The number of nitrogens with zero attached hydrogens (tertiary/aromatic N) is 2. The standard InChI is InChI=1S/C12H22ClN3O/c1-5-9-11(13)10(16(4)15-9)7-14-8-12(3,17)6-2/h14,17H,5-8H2,1-4H3. The molecule has 1 aromatic rings. The summed E-state index contributed by atoms with van der Waals surface area (Å²) in [5, 5.41) is 18.2. The van der Waals surface area contributed by atoms with Gasteiger partial charge in [-0.05, 0) is 19.8 Å². The van der Waals surface area contributed by atoms with Crippen molar-refractivity contribution in [2.75, 3.05) is 6.54 Å². The Hall–Kier alpha value is -0.580. The van der Waals surface area contributed by atoms with Crippen LogP contribution in [0.15, 0.2) is 0 Å². The highest BCUT2D eigenvalue weighted by molar-refractivity contribution is 6.31. The minimum Gasteiger partial charge on any atom is -0.389 e. The summed E-state index contributed by atoms with van der Waals surface area (Å²) in [5.74, 6) is 0. The molecular formula is C12H22ClN3O. The van der Waals surface area contributed by atoms with Gasteiger partial charge in [-0.2, -0.15) is 5.10 Å². The Morgan fingerprint density at radius 2 is 2.12 bits per heavy atom. The highest BCUT2D eigenvalue weighted by atomic mass is 35.5. The molecule has 1 rings (SSSR count). The number of halogens is 1. The van der Waals surface area contributed by atoms with Crippen molar-refractivity contribution >= 4 is 11.6 Å². The first-order chi connectivity index (χ1) is 7.91. The second kappa shape index (κ2) is 5.85. The van der Waals surface area contributed by atoms with E-state index in [1.165, 1.54) is 0 Å². The van der Waals surface area contributed by atoms with Gasteiger partial charge in [0.15, 0.2) is 0 Å². The van der Waals surface area contributed by atoms with E-state index in [0.29, 0.717) is 13.1 Å². The monoisotopic (exact) mass is 259 g/mol. The molecule has 0 aromatic carbocycles. The Kier molecular flexibility index (Phi) is 4.98. The predicted molar refractivity (Wildman–Crippen MR) is 70.2 cm³/mol.